The molecule has 1 amide bonds. The highest BCUT2D eigenvalue weighted by molar-refractivity contribution is 5.76. The Bertz CT molecular complexity index is 1180. The lowest BCUT2D eigenvalue weighted by molar-refractivity contribution is -0.359. The van der Waals surface area contributed by atoms with Crippen molar-refractivity contribution in [2.24, 2.45) is 0 Å². The van der Waals surface area contributed by atoms with Crippen LogP contribution in [0.3, 0.4) is 0 Å². The second kappa shape index (κ2) is 40.3. The van der Waals surface area contributed by atoms with Gasteiger partial charge in [-0.2, -0.15) is 0 Å². The minimum atomic E-state index is -1.78. The number of amides is 1. The molecule has 2 aliphatic heterocycles. The molecule has 2 heterocycles. The molecule has 0 bridgehead atoms. The molecule has 14 nitrogen and oxygen atoms in total. The zero-order valence-electron chi connectivity index (χ0n) is 42.2. The van der Waals surface area contributed by atoms with E-state index in [-0.39, 0.29) is 18.9 Å². The molecule has 0 aromatic rings. The molecule has 0 radical (unpaired) electrons. The van der Waals surface area contributed by atoms with E-state index in [0.717, 1.165) is 38.5 Å². The van der Waals surface area contributed by atoms with Gasteiger partial charge in [0.1, 0.15) is 48.8 Å². The fourth-order valence-electron chi connectivity index (χ4n) is 9.23. The number of aliphatic hydroxyl groups is 8. The van der Waals surface area contributed by atoms with E-state index in [1.54, 1.807) is 6.08 Å². The Morgan fingerprint density at radius 3 is 1.37 bits per heavy atom. The van der Waals surface area contributed by atoms with E-state index in [2.05, 4.69) is 19.2 Å². The maximum absolute atomic E-state index is 13.2. The summed E-state index contributed by atoms with van der Waals surface area (Å²) in [7, 11) is 0. The van der Waals surface area contributed by atoms with Crippen LogP contribution >= 0.6 is 0 Å². The first-order valence-electron chi connectivity index (χ1n) is 27.4. The number of unbranched alkanes of at least 4 members (excludes halogenated alkanes) is 30. The largest absolute Gasteiger partial charge is 0.394 e. The molecule has 67 heavy (non-hydrogen) atoms. The van der Waals surface area contributed by atoms with Gasteiger partial charge in [-0.1, -0.05) is 212 Å². The Labute approximate surface area is 406 Å². The molecule has 0 saturated carbocycles. The molecule has 0 aromatic carbocycles. The molecule has 0 unspecified atom stereocenters. The second-order valence-corrected chi connectivity index (χ2v) is 19.7. The normalized spacial score (nSPS) is 26.6. The topological polar surface area (TPSA) is 228 Å². The van der Waals surface area contributed by atoms with Gasteiger partial charge in [-0.05, 0) is 19.3 Å². The van der Waals surface area contributed by atoms with Crippen LogP contribution in [-0.2, 0) is 23.7 Å². The molecule has 2 rings (SSSR count). The summed E-state index contributed by atoms with van der Waals surface area (Å²) in [4.78, 5) is 13.2. The Hall–Kier alpha value is -1.27. The molecule has 2 fully saturated rings. The van der Waals surface area contributed by atoms with Crippen molar-refractivity contribution in [1.29, 1.82) is 0 Å². The van der Waals surface area contributed by atoms with Crippen LogP contribution in [0.2, 0.25) is 0 Å². The SMILES string of the molecule is CCCCCCCCCCCCC/C=C/[C@@H](O)[C@H](CO[C@@H]1O[C@H](CO)[C@@H](O[C@@H]2O[C@H](CO)[C@H](O)[C@H](O)[C@H]2O)[C@H](O)[C@H]1O)NC(=O)CCCCCCCCCCCCCCCCCCCCCC. The lowest BCUT2D eigenvalue weighted by atomic mass is 9.97. The zero-order valence-corrected chi connectivity index (χ0v) is 42.2. The average Bonchev–Trinajstić information content (AvgIpc) is 3.32. The first-order valence-corrected chi connectivity index (χ1v) is 27.4. The van der Waals surface area contributed by atoms with Crippen molar-refractivity contribution in [3.63, 3.8) is 0 Å². The predicted molar refractivity (Wildman–Crippen MR) is 263 cm³/mol. The van der Waals surface area contributed by atoms with Crippen molar-refractivity contribution >= 4 is 5.91 Å². The molecule has 2 saturated heterocycles. The summed E-state index contributed by atoms with van der Waals surface area (Å²) in [5.74, 6) is -0.236. The van der Waals surface area contributed by atoms with Gasteiger partial charge in [0.05, 0.1) is 32.0 Å². The standard InChI is InChI=1S/C53H101NO13/c1-3-5-7-9-11-13-15-17-18-19-20-21-22-23-25-27-29-31-33-35-37-45(58)54-41(42(57)36-34-32-30-28-26-24-16-14-12-10-8-6-4-2)40-64-52-50(63)48(61)51(44(39-56)66-52)67-53-49(62)47(60)46(59)43(38-55)65-53/h34,36,41-44,46-53,55-57,59-63H,3-33,35,37-40H2,1-2H3,(H,54,58)/b36-34+/t41-,42+,43+,44+,46-,47-,48+,49+,50+,51+,52+,53-/m0/s1. The number of allylic oxidation sites excluding steroid dienone is 1. The van der Waals surface area contributed by atoms with Gasteiger partial charge in [0, 0.05) is 6.42 Å². The van der Waals surface area contributed by atoms with E-state index in [1.807, 2.05) is 6.08 Å². The number of aliphatic hydroxyl groups excluding tert-OH is 8. The van der Waals surface area contributed by atoms with E-state index >= 15 is 0 Å². The highest BCUT2D eigenvalue weighted by Gasteiger charge is 2.51. The van der Waals surface area contributed by atoms with Gasteiger partial charge in [0.15, 0.2) is 12.6 Å². The summed E-state index contributed by atoms with van der Waals surface area (Å²) in [6.45, 7) is 2.80. The third-order valence-corrected chi connectivity index (χ3v) is 13.7. The zero-order chi connectivity index (χ0) is 48.9. The monoisotopic (exact) mass is 960 g/mol. The van der Waals surface area contributed by atoms with Gasteiger partial charge in [-0.25, -0.2) is 0 Å². The summed E-state index contributed by atoms with van der Waals surface area (Å²) < 4.78 is 22.7. The van der Waals surface area contributed by atoms with Crippen LogP contribution in [0.15, 0.2) is 12.2 Å². The van der Waals surface area contributed by atoms with Crippen molar-refractivity contribution in [2.75, 3.05) is 19.8 Å². The van der Waals surface area contributed by atoms with E-state index in [9.17, 15) is 45.6 Å². The number of hydrogen-bond acceptors (Lipinski definition) is 13. The smallest absolute Gasteiger partial charge is 0.220 e. The third-order valence-electron chi connectivity index (χ3n) is 13.7. The van der Waals surface area contributed by atoms with Crippen molar-refractivity contribution in [3.8, 4) is 0 Å². The maximum Gasteiger partial charge on any atom is 0.220 e. The molecule has 2 aliphatic rings. The molecule has 0 aromatic heterocycles. The summed E-state index contributed by atoms with van der Waals surface area (Å²) >= 11 is 0. The molecule has 9 N–H and O–H groups in total. The fraction of sp³-hybridized carbons (Fsp3) is 0.943. The number of rotatable bonds is 43. The lowest BCUT2D eigenvalue weighted by Gasteiger charge is -2.46. The molecule has 0 spiro atoms. The van der Waals surface area contributed by atoms with Gasteiger partial charge < -0.3 is 65.1 Å². The van der Waals surface area contributed by atoms with Gasteiger partial charge in [0.2, 0.25) is 5.91 Å². The minimum Gasteiger partial charge on any atom is -0.394 e. The van der Waals surface area contributed by atoms with Gasteiger partial charge in [-0.15, -0.1) is 0 Å². The first kappa shape index (κ1) is 61.8. The van der Waals surface area contributed by atoms with Gasteiger partial charge in [0.25, 0.3) is 0 Å². The quantitative estimate of drug-likeness (QED) is 0.0209. The minimum absolute atomic E-state index is 0.236. The van der Waals surface area contributed by atoms with Crippen molar-refractivity contribution in [1.82, 2.24) is 5.32 Å². The highest BCUT2D eigenvalue weighted by atomic mass is 16.7. The number of carbonyl (C=O) groups is 1. The Kier molecular flexibility index (Phi) is 37.2. The second-order valence-electron chi connectivity index (χ2n) is 19.7. The van der Waals surface area contributed by atoms with E-state index in [1.165, 1.54) is 161 Å². The molecule has 0 aliphatic carbocycles. The molecule has 396 valence electrons. The van der Waals surface area contributed by atoms with E-state index in [4.69, 9.17) is 18.9 Å². The highest BCUT2D eigenvalue weighted by Crippen LogP contribution is 2.30. The molecular formula is C53H101NO13. The number of nitrogens with one attached hydrogen (secondary N) is 1. The summed E-state index contributed by atoms with van der Waals surface area (Å²) in [6.07, 6.45) is 26.8. The summed E-state index contributed by atoms with van der Waals surface area (Å²) in [6, 6.07) is -0.908. The van der Waals surface area contributed by atoms with Crippen LogP contribution in [0.4, 0.5) is 0 Å². The summed E-state index contributed by atoms with van der Waals surface area (Å²) in [5.41, 5.74) is 0. The van der Waals surface area contributed by atoms with Crippen molar-refractivity contribution in [3.05, 3.63) is 12.2 Å². The van der Waals surface area contributed by atoms with Crippen LogP contribution in [0.5, 0.6) is 0 Å². The van der Waals surface area contributed by atoms with Gasteiger partial charge in [-0.3, -0.25) is 4.79 Å². The van der Waals surface area contributed by atoms with Crippen LogP contribution in [-0.4, -0.2) is 140 Å². The fourth-order valence-corrected chi connectivity index (χ4v) is 9.23. The van der Waals surface area contributed by atoms with Crippen LogP contribution in [0.1, 0.15) is 226 Å². The van der Waals surface area contributed by atoms with Gasteiger partial charge >= 0.3 is 0 Å². The molecular weight excluding hydrogens is 859 g/mol. The Morgan fingerprint density at radius 1 is 0.522 bits per heavy atom. The third kappa shape index (κ3) is 27.2. The maximum atomic E-state index is 13.2. The van der Waals surface area contributed by atoms with Crippen LogP contribution in [0, 0.1) is 0 Å². The van der Waals surface area contributed by atoms with Crippen LogP contribution < -0.4 is 5.32 Å². The van der Waals surface area contributed by atoms with Crippen molar-refractivity contribution in [2.45, 2.75) is 299 Å². The lowest BCUT2D eigenvalue weighted by Crippen LogP contribution is -2.65. The summed E-state index contributed by atoms with van der Waals surface area (Å²) in [5, 5.41) is 86.8. The first-order chi connectivity index (χ1) is 32.6. The Morgan fingerprint density at radius 2 is 0.925 bits per heavy atom. The van der Waals surface area contributed by atoms with E-state index < -0.39 is 86.8 Å². The number of hydrogen-bond donors (Lipinski definition) is 9. The van der Waals surface area contributed by atoms with Crippen LogP contribution in [0.25, 0.3) is 0 Å². The average molecular weight is 960 g/mol. The van der Waals surface area contributed by atoms with E-state index in [0.29, 0.717) is 6.42 Å². The number of carbonyl (C=O) groups excluding carboxylic acids is 1. The molecule has 12 atom stereocenters. The Balaban J connectivity index is 1.79. The number of ether oxygens (including phenoxy) is 4. The molecule has 14 heteroatoms. The van der Waals surface area contributed by atoms with Crippen molar-refractivity contribution < 1.29 is 64.6 Å². The predicted octanol–water partition coefficient (Wildman–Crippen LogP) is 7.94.